The molecule has 96 valence electrons. The summed E-state index contributed by atoms with van der Waals surface area (Å²) in [6.45, 7) is 9.04. The standard InChI is InChI=1S/C18H24/c1-5-14(3)16-8-6-7-9-18(16)17-11-10-13(2)12-15(17)4/h7,9-12,14H,5-6,8H2,1-4H3. The highest BCUT2D eigenvalue weighted by Crippen LogP contribution is 2.34. The molecule has 0 aliphatic heterocycles. The first kappa shape index (κ1) is 13.1. The van der Waals surface area contributed by atoms with Crippen LogP contribution in [0.2, 0.25) is 0 Å². The van der Waals surface area contributed by atoms with Crippen molar-refractivity contribution in [3.8, 4) is 0 Å². The van der Waals surface area contributed by atoms with Gasteiger partial charge < -0.3 is 0 Å². The minimum atomic E-state index is 0.700. The number of rotatable bonds is 3. The van der Waals surface area contributed by atoms with Crippen molar-refractivity contribution >= 4 is 5.57 Å². The third kappa shape index (κ3) is 2.58. The van der Waals surface area contributed by atoms with Gasteiger partial charge in [-0.1, -0.05) is 55.3 Å². The number of hydrogen-bond acceptors (Lipinski definition) is 0. The largest absolute Gasteiger partial charge is 0.0836 e. The molecule has 1 atom stereocenters. The molecule has 0 heterocycles. The van der Waals surface area contributed by atoms with Crippen LogP contribution in [-0.2, 0) is 0 Å². The maximum Gasteiger partial charge on any atom is -0.0155 e. The van der Waals surface area contributed by atoms with E-state index >= 15 is 0 Å². The molecule has 1 aliphatic rings. The van der Waals surface area contributed by atoms with E-state index in [4.69, 9.17) is 0 Å². The zero-order valence-corrected chi connectivity index (χ0v) is 12.1. The first-order chi connectivity index (χ1) is 8.63. The summed E-state index contributed by atoms with van der Waals surface area (Å²) < 4.78 is 0. The summed E-state index contributed by atoms with van der Waals surface area (Å²) >= 11 is 0. The summed E-state index contributed by atoms with van der Waals surface area (Å²) in [5, 5.41) is 0. The Morgan fingerprint density at radius 2 is 2.00 bits per heavy atom. The maximum absolute atomic E-state index is 2.36. The van der Waals surface area contributed by atoms with Crippen LogP contribution >= 0.6 is 0 Å². The van der Waals surface area contributed by atoms with Gasteiger partial charge in [0.2, 0.25) is 0 Å². The Labute approximate surface area is 111 Å². The molecule has 0 bridgehead atoms. The number of aryl methyl sites for hydroxylation is 2. The topological polar surface area (TPSA) is 0 Å². The van der Waals surface area contributed by atoms with Crippen LogP contribution in [0.3, 0.4) is 0 Å². The van der Waals surface area contributed by atoms with Gasteiger partial charge in [0.15, 0.2) is 0 Å². The number of benzene rings is 1. The predicted molar refractivity (Wildman–Crippen MR) is 80.7 cm³/mol. The van der Waals surface area contributed by atoms with Gasteiger partial charge >= 0.3 is 0 Å². The predicted octanol–water partition coefficient (Wildman–Crippen LogP) is 5.45. The van der Waals surface area contributed by atoms with Crippen LogP contribution in [0, 0.1) is 19.8 Å². The molecule has 1 aromatic carbocycles. The van der Waals surface area contributed by atoms with Gasteiger partial charge in [-0.05, 0) is 55.7 Å². The van der Waals surface area contributed by atoms with Gasteiger partial charge in [-0.15, -0.1) is 0 Å². The molecule has 1 aromatic rings. The van der Waals surface area contributed by atoms with Gasteiger partial charge in [0.1, 0.15) is 0 Å². The van der Waals surface area contributed by atoms with Crippen LogP contribution in [0.25, 0.3) is 5.57 Å². The number of hydrogen-bond donors (Lipinski definition) is 0. The lowest BCUT2D eigenvalue weighted by atomic mass is 9.83. The minimum Gasteiger partial charge on any atom is -0.0836 e. The van der Waals surface area contributed by atoms with Crippen molar-refractivity contribution in [2.45, 2.75) is 47.0 Å². The van der Waals surface area contributed by atoms with Gasteiger partial charge in [0, 0.05) is 0 Å². The summed E-state index contributed by atoms with van der Waals surface area (Å²) in [4.78, 5) is 0. The van der Waals surface area contributed by atoms with Crippen molar-refractivity contribution in [3.63, 3.8) is 0 Å². The van der Waals surface area contributed by atoms with Gasteiger partial charge in [0.05, 0.1) is 0 Å². The van der Waals surface area contributed by atoms with E-state index in [1.54, 1.807) is 5.57 Å². The fraction of sp³-hybridized carbons (Fsp3) is 0.444. The maximum atomic E-state index is 2.36. The van der Waals surface area contributed by atoms with Crippen LogP contribution in [0.4, 0.5) is 0 Å². The molecule has 0 radical (unpaired) electrons. The molecule has 0 amide bonds. The fourth-order valence-electron chi connectivity index (χ4n) is 2.82. The first-order valence-electron chi connectivity index (χ1n) is 7.10. The van der Waals surface area contributed by atoms with Crippen molar-refractivity contribution in [1.82, 2.24) is 0 Å². The van der Waals surface area contributed by atoms with E-state index in [0.717, 1.165) is 0 Å². The average Bonchev–Trinajstić information content (AvgIpc) is 2.38. The van der Waals surface area contributed by atoms with Gasteiger partial charge in [-0.2, -0.15) is 0 Å². The lowest BCUT2D eigenvalue weighted by molar-refractivity contribution is 0.625. The summed E-state index contributed by atoms with van der Waals surface area (Å²) in [5.74, 6) is 0.700. The first-order valence-corrected chi connectivity index (χ1v) is 7.10. The van der Waals surface area contributed by atoms with Crippen molar-refractivity contribution in [2.75, 3.05) is 0 Å². The SMILES string of the molecule is CCC(C)C1=C(c2ccc(C)cc2C)C=CCC1. The molecule has 0 fully saturated rings. The Balaban J connectivity index is 2.51. The van der Waals surface area contributed by atoms with Crippen molar-refractivity contribution < 1.29 is 0 Å². The molecule has 0 saturated heterocycles. The highest BCUT2D eigenvalue weighted by molar-refractivity contribution is 5.79. The second-order valence-electron chi connectivity index (χ2n) is 5.51. The van der Waals surface area contributed by atoms with E-state index in [1.165, 1.54) is 41.5 Å². The molecule has 1 unspecified atom stereocenters. The van der Waals surface area contributed by atoms with E-state index in [2.05, 4.69) is 58.0 Å². The van der Waals surface area contributed by atoms with Crippen LogP contribution in [0.5, 0.6) is 0 Å². The summed E-state index contributed by atoms with van der Waals surface area (Å²) in [6, 6.07) is 6.81. The Bertz CT molecular complexity index is 489. The highest BCUT2D eigenvalue weighted by Gasteiger charge is 2.16. The molecule has 0 heteroatoms. The minimum absolute atomic E-state index is 0.700. The quantitative estimate of drug-likeness (QED) is 0.658. The van der Waals surface area contributed by atoms with Gasteiger partial charge in [-0.25, -0.2) is 0 Å². The Morgan fingerprint density at radius 1 is 1.22 bits per heavy atom. The van der Waals surface area contributed by atoms with E-state index in [1.807, 2.05) is 0 Å². The van der Waals surface area contributed by atoms with Crippen molar-refractivity contribution in [1.29, 1.82) is 0 Å². The van der Waals surface area contributed by atoms with E-state index in [0.29, 0.717) is 5.92 Å². The van der Waals surface area contributed by atoms with Crippen molar-refractivity contribution in [2.24, 2.45) is 5.92 Å². The second kappa shape index (κ2) is 5.56. The monoisotopic (exact) mass is 240 g/mol. The second-order valence-corrected chi connectivity index (χ2v) is 5.51. The molecule has 1 aliphatic carbocycles. The Hall–Kier alpha value is -1.30. The molecule has 2 rings (SSSR count). The molecule has 0 saturated carbocycles. The molecule has 0 nitrogen and oxygen atoms in total. The smallest absolute Gasteiger partial charge is 0.0155 e. The molecular weight excluding hydrogens is 216 g/mol. The van der Waals surface area contributed by atoms with E-state index in [9.17, 15) is 0 Å². The molecule has 18 heavy (non-hydrogen) atoms. The summed E-state index contributed by atoms with van der Waals surface area (Å²) in [5.41, 5.74) is 7.30. The van der Waals surface area contributed by atoms with Crippen LogP contribution < -0.4 is 0 Å². The third-order valence-corrected chi connectivity index (χ3v) is 4.09. The number of allylic oxidation sites excluding steroid dienone is 4. The van der Waals surface area contributed by atoms with Crippen LogP contribution in [0.1, 0.15) is 49.8 Å². The normalized spacial score (nSPS) is 17.1. The zero-order valence-electron chi connectivity index (χ0n) is 12.1. The molecular formula is C18H24. The zero-order chi connectivity index (χ0) is 13.1. The van der Waals surface area contributed by atoms with Crippen molar-refractivity contribution in [3.05, 3.63) is 52.6 Å². The highest BCUT2D eigenvalue weighted by atomic mass is 14.2. The fourth-order valence-corrected chi connectivity index (χ4v) is 2.82. The van der Waals surface area contributed by atoms with Gasteiger partial charge in [-0.3, -0.25) is 0 Å². The van der Waals surface area contributed by atoms with Gasteiger partial charge in [0.25, 0.3) is 0 Å². The third-order valence-electron chi connectivity index (χ3n) is 4.09. The lowest BCUT2D eigenvalue weighted by Crippen LogP contribution is -2.05. The molecule has 0 spiro atoms. The van der Waals surface area contributed by atoms with E-state index in [-0.39, 0.29) is 0 Å². The molecule has 0 N–H and O–H groups in total. The lowest BCUT2D eigenvalue weighted by Gasteiger charge is -2.22. The average molecular weight is 240 g/mol. The molecule has 0 aromatic heterocycles. The van der Waals surface area contributed by atoms with E-state index < -0.39 is 0 Å². The van der Waals surface area contributed by atoms with Crippen LogP contribution in [-0.4, -0.2) is 0 Å². The summed E-state index contributed by atoms with van der Waals surface area (Å²) in [7, 11) is 0. The van der Waals surface area contributed by atoms with Crippen LogP contribution in [0.15, 0.2) is 35.9 Å². The Morgan fingerprint density at radius 3 is 2.67 bits per heavy atom. The summed E-state index contributed by atoms with van der Waals surface area (Å²) in [6.07, 6.45) is 8.32. The Kier molecular flexibility index (Phi) is 4.06.